The van der Waals surface area contributed by atoms with Crippen LogP contribution in [0.1, 0.15) is 25.7 Å². The molecule has 0 heterocycles. The third kappa shape index (κ3) is 3.02. The molecule has 1 unspecified atom stereocenters. The van der Waals surface area contributed by atoms with E-state index in [0.717, 1.165) is 25.7 Å². The summed E-state index contributed by atoms with van der Waals surface area (Å²) < 4.78 is 19.4. The highest BCUT2D eigenvalue weighted by atomic mass is 32.2. The zero-order chi connectivity index (χ0) is 10.6. The molecule has 4 nitrogen and oxygen atoms in total. The lowest BCUT2D eigenvalue weighted by Crippen LogP contribution is -2.38. The van der Waals surface area contributed by atoms with Crippen LogP contribution in [0.2, 0.25) is 0 Å². The van der Waals surface area contributed by atoms with Crippen molar-refractivity contribution in [1.29, 1.82) is 0 Å². The van der Waals surface area contributed by atoms with Crippen molar-refractivity contribution in [3.63, 3.8) is 0 Å². The van der Waals surface area contributed by atoms with E-state index >= 15 is 0 Å². The Bertz CT molecular complexity index is 196. The molecule has 84 valence electrons. The summed E-state index contributed by atoms with van der Waals surface area (Å²) in [6, 6.07) is 0. The average Bonchev–Trinajstić information content (AvgIpc) is 2.19. The van der Waals surface area contributed by atoms with Crippen LogP contribution in [0.15, 0.2) is 0 Å². The third-order valence-electron chi connectivity index (χ3n) is 3.31. The van der Waals surface area contributed by atoms with Crippen molar-refractivity contribution >= 4 is 11.1 Å². The minimum absolute atomic E-state index is 0.118. The Labute approximate surface area is 87.2 Å². The van der Waals surface area contributed by atoms with Crippen LogP contribution < -0.4 is 5.73 Å². The number of rotatable bonds is 4. The van der Waals surface area contributed by atoms with Gasteiger partial charge in [0.2, 0.25) is 0 Å². The van der Waals surface area contributed by atoms with Crippen LogP contribution in [0.3, 0.4) is 0 Å². The minimum Gasteiger partial charge on any atom is -0.396 e. The van der Waals surface area contributed by atoms with E-state index < -0.39 is 11.1 Å². The summed E-state index contributed by atoms with van der Waals surface area (Å²) in [6.07, 6.45) is 3.57. The van der Waals surface area contributed by atoms with Gasteiger partial charge in [0.15, 0.2) is 11.1 Å². The average molecular weight is 221 g/mol. The minimum atomic E-state index is -1.69. The molecule has 14 heavy (non-hydrogen) atoms. The SMILES string of the molecule is NCC1(CO)CCC(CS(=O)O)CC1. The lowest BCUT2D eigenvalue weighted by atomic mass is 9.71. The molecule has 1 rings (SSSR count). The van der Waals surface area contributed by atoms with Gasteiger partial charge in [0.1, 0.15) is 0 Å². The van der Waals surface area contributed by atoms with Crippen molar-refractivity contribution in [2.75, 3.05) is 18.9 Å². The van der Waals surface area contributed by atoms with Gasteiger partial charge in [-0.3, -0.25) is 0 Å². The molecule has 0 spiro atoms. The summed E-state index contributed by atoms with van der Waals surface area (Å²) in [5.74, 6) is 0.693. The first kappa shape index (κ1) is 12.1. The smallest absolute Gasteiger partial charge is 0.153 e. The van der Waals surface area contributed by atoms with Gasteiger partial charge in [-0.05, 0) is 31.6 Å². The number of aliphatic hydroxyl groups is 1. The molecule has 1 saturated carbocycles. The second-order valence-corrected chi connectivity index (χ2v) is 5.27. The molecule has 0 radical (unpaired) electrons. The zero-order valence-electron chi connectivity index (χ0n) is 8.32. The monoisotopic (exact) mass is 221 g/mol. The molecule has 0 bridgehead atoms. The van der Waals surface area contributed by atoms with Gasteiger partial charge < -0.3 is 15.4 Å². The maximum absolute atomic E-state index is 10.6. The summed E-state index contributed by atoms with van der Waals surface area (Å²) in [6.45, 7) is 0.650. The van der Waals surface area contributed by atoms with E-state index in [4.69, 9.17) is 10.3 Å². The van der Waals surface area contributed by atoms with E-state index in [2.05, 4.69) is 0 Å². The van der Waals surface area contributed by atoms with Gasteiger partial charge in [-0.1, -0.05) is 0 Å². The molecule has 4 N–H and O–H groups in total. The van der Waals surface area contributed by atoms with Crippen molar-refractivity contribution in [2.24, 2.45) is 17.1 Å². The first-order valence-electron chi connectivity index (χ1n) is 5.00. The Balaban J connectivity index is 2.40. The summed E-state index contributed by atoms with van der Waals surface area (Å²) in [7, 11) is 0. The van der Waals surface area contributed by atoms with Gasteiger partial charge in [0.25, 0.3) is 0 Å². The topological polar surface area (TPSA) is 83.5 Å². The lowest BCUT2D eigenvalue weighted by molar-refractivity contribution is 0.0755. The van der Waals surface area contributed by atoms with E-state index in [0.29, 0.717) is 18.2 Å². The number of hydrogen-bond donors (Lipinski definition) is 3. The Kier molecular flexibility index (Phi) is 4.50. The fourth-order valence-electron chi connectivity index (χ4n) is 2.09. The molecule has 1 aliphatic carbocycles. The fourth-order valence-corrected chi connectivity index (χ4v) is 2.82. The van der Waals surface area contributed by atoms with Gasteiger partial charge in [-0.15, -0.1) is 0 Å². The fraction of sp³-hybridized carbons (Fsp3) is 1.00. The Hall–Kier alpha value is 0.0300. The van der Waals surface area contributed by atoms with Crippen molar-refractivity contribution in [2.45, 2.75) is 25.7 Å². The van der Waals surface area contributed by atoms with Gasteiger partial charge in [0, 0.05) is 18.6 Å². The molecule has 0 aromatic carbocycles. The molecule has 0 saturated heterocycles. The maximum atomic E-state index is 10.6. The van der Waals surface area contributed by atoms with Gasteiger partial charge in [0.05, 0.1) is 5.75 Å². The Morgan fingerprint density at radius 2 is 2.00 bits per heavy atom. The van der Waals surface area contributed by atoms with E-state index in [9.17, 15) is 9.32 Å². The Morgan fingerprint density at radius 1 is 1.43 bits per heavy atom. The largest absolute Gasteiger partial charge is 0.396 e. The van der Waals surface area contributed by atoms with Gasteiger partial charge in [-0.2, -0.15) is 0 Å². The van der Waals surface area contributed by atoms with E-state index in [1.54, 1.807) is 0 Å². The van der Waals surface area contributed by atoms with Crippen LogP contribution in [0, 0.1) is 11.3 Å². The van der Waals surface area contributed by atoms with E-state index in [1.807, 2.05) is 0 Å². The predicted molar refractivity (Wildman–Crippen MR) is 56.2 cm³/mol. The first-order valence-corrected chi connectivity index (χ1v) is 6.28. The first-order chi connectivity index (χ1) is 6.62. The zero-order valence-corrected chi connectivity index (χ0v) is 9.13. The van der Waals surface area contributed by atoms with Crippen LogP contribution in [-0.4, -0.2) is 32.8 Å². The number of nitrogens with two attached hydrogens (primary N) is 1. The van der Waals surface area contributed by atoms with E-state index in [-0.39, 0.29) is 12.0 Å². The normalized spacial score (nSPS) is 35.5. The lowest BCUT2D eigenvalue weighted by Gasteiger charge is -2.37. The highest BCUT2D eigenvalue weighted by Gasteiger charge is 2.33. The summed E-state index contributed by atoms with van der Waals surface area (Å²) >= 11 is -1.69. The highest BCUT2D eigenvalue weighted by molar-refractivity contribution is 7.79. The second-order valence-electron chi connectivity index (χ2n) is 4.29. The summed E-state index contributed by atoms with van der Waals surface area (Å²) in [4.78, 5) is 0. The number of hydrogen-bond acceptors (Lipinski definition) is 3. The van der Waals surface area contributed by atoms with Crippen molar-refractivity contribution in [1.82, 2.24) is 0 Å². The van der Waals surface area contributed by atoms with Crippen LogP contribution in [0.25, 0.3) is 0 Å². The molecule has 5 heteroatoms. The highest BCUT2D eigenvalue weighted by Crippen LogP contribution is 2.37. The van der Waals surface area contributed by atoms with Gasteiger partial charge >= 0.3 is 0 Å². The van der Waals surface area contributed by atoms with Crippen molar-refractivity contribution < 1.29 is 13.9 Å². The quantitative estimate of drug-likeness (QED) is 0.598. The van der Waals surface area contributed by atoms with Crippen LogP contribution >= 0.6 is 0 Å². The standard InChI is InChI=1S/C9H19NO3S/c10-6-9(7-11)3-1-8(2-4-9)5-14(12)13/h8,11H,1-7,10H2,(H,12,13). The third-order valence-corrected chi connectivity index (χ3v) is 4.07. The summed E-state index contributed by atoms with van der Waals surface area (Å²) in [5, 5.41) is 9.22. The second kappa shape index (κ2) is 5.21. The molecular formula is C9H19NO3S. The molecule has 0 aromatic rings. The number of aliphatic hydroxyl groups excluding tert-OH is 1. The van der Waals surface area contributed by atoms with Crippen LogP contribution in [-0.2, 0) is 11.1 Å². The summed E-state index contributed by atoms with van der Waals surface area (Å²) in [5.41, 5.74) is 5.51. The Morgan fingerprint density at radius 3 is 2.36 bits per heavy atom. The molecule has 0 aromatic heterocycles. The molecule has 1 fully saturated rings. The molecule has 1 atom stereocenters. The van der Waals surface area contributed by atoms with E-state index in [1.165, 1.54) is 0 Å². The van der Waals surface area contributed by atoms with Crippen molar-refractivity contribution in [3.8, 4) is 0 Å². The predicted octanol–water partition coefficient (Wildman–Crippen LogP) is 0.336. The van der Waals surface area contributed by atoms with Crippen LogP contribution in [0.5, 0.6) is 0 Å². The van der Waals surface area contributed by atoms with Crippen LogP contribution in [0.4, 0.5) is 0 Å². The molecular weight excluding hydrogens is 202 g/mol. The maximum Gasteiger partial charge on any atom is 0.153 e. The van der Waals surface area contributed by atoms with Gasteiger partial charge in [-0.25, -0.2) is 4.21 Å². The molecule has 1 aliphatic rings. The van der Waals surface area contributed by atoms with Crippen molar-refractivity contribution in [3.05, 3.63) is 0 Å². The molecule has 0 aliphatic heterocycles. The molecule has 0 amide bonds.